The Labute approximate surface area is 248 Å². The van der Waals surface area contributed by atoms with E-state index in [1.807, 2.05) is 30.3 Å². The Hall–Kier alpha value is -4.08. The summed E-state index contributed by atoms with van der Waals surface area (Å²) >= 11 is 0. The molecule has 3 unspecified atom stereocenters. The first-order valence-corrected chi connectivity index (χ1v) is 14.0. The summed E-state index contributed by atoms with van der Waals surface area (Å²) in [4.78, 5) is 54.8. The fraction of sp³-hybridized carbons (Fsp3) is 0.500. The smallest absolute Gasteiger partial charge is 0.408 e. The van der Waals surface area contributed by atoms with Gasteiger partial charge >= 0.3 is 12.1 Å². The second kappa shape index (κ2) is 14.2. The molecule has 0 bridgehead atoms. The molecule has 42 heavy (non-hydrogen) atoms. The lowest BCUT2D eigenvalue weighted by Crippen LogP contribution is -2.55. The second-order valence-corrected chi connectivity index (χ2v) is 12.6. The Bertz CT molecular complexity index is 1230. The highest BCUT2D eigenvalue weighted by atomic mass is 16.6. The molecular weight excluding hydrogens is 538 g/mol. The van der Waals surface area contributed by atoms with Crippen LogP contribution in [-0.4, -0.2) is 64.2 Å². The number of rotatable bonds is 10. The Morgan fingerprint density at radius 3 is 1.98 bits per heavy atom. The average Bonchev–Trinajstić information content (AvgIpc) is 2.85. The van der Waals surface area contributed by atoms with Crippen LogP contribution in [0.1, 0.15) is 72.6 Å². The zero-order valence-electron chi connectivity index (χ0n) is 26.1. The van der Waals surface area contributed by atoms with Crippen LogP contribution in [0.5, 0.6) is 5.75 Å². The van der Waals surface area contributed by atoms with Gasteiger partial charge in [0.1, 0.15) is 35.1 Å². The number of carbonyl (C=O) groups is 4. The van der Waals surface area contributed by atoms with Crippen molar-refractivity contribution in [2.75, 3.05) is 7.05 Å². The zero-order chi connectivity index (χ0) is 31.8. The molecule has 0 aromatic heterocycles. The van der Waals surface area contributed by atoms with Crippen LogP contribution in [0.4, 0.5) is 4.79 Å². The monoisotopic (exact) mass is 583 g/mol. The number of aromatic hydroxyl groups is 1. The van der Waals surface area contributed by atoms with Crippen molar-refractivity contribution in [2.45, 2.75) is 91.1 Å². The minimum Gasteiger partial charge on any atom is -0.508 e. The number of phenolic OH excluding ortho intramolecular Hbond substituents is 1. The quantitative estimate of drug-likeness (QED) is 0.350. The van der Waals surface area contributed by atoms with Gasteiger partial charge in [-0.3, -0.25) is 9.59 Å². The Kier molecular flexibility index (Phi) is 11.5. The summed E-state index contributed by atoms with van der Waals surface area (Å²) in [5.41, 5.74) is -0.467. The predicted octanol–water partition coefficient (Wildman–Crippen LogP) is 4.51. The number of likely N-dealkylation sites (N-methyl/N-ethyl adjacent to an activating group) is 1. The van der Waals surface area contributed by atoms with Crippen molar-refractivity contribution in [1.82, 2.24) is 15.5 Å². The first-order chi connectivity index (χ1) is 19.4. The molecule has 3 amide bonds. The number of phenols is 1. The van der Waals surface area contributed by atoms with Gasteiger partial charge in [0.2, 0.25) is 11.8 Å². The molecule has 0 spiro atoms. The predicted molar refractivity (Wildman–Crippen MR) is 160 cm³/mol. The molecule has 3 N–H and O–H groups in total. The average molecular weight is 584 g/mol. The molecule has 0 saturated heterocycles. The van der Waals surface area contributed by atoms with Crippen LogP contribution in [0.3, 0.4) is 0 Å². The summed E-state index contributed by atoms with van der Waals surface area (Å²) < 4.78 is 11.0. The highest BCUT2D eigenvalue weighted by molar-refractivity contribution is 5.94. The standard InChI is InChI=1S/C32H45N3O7/c1-20(2)25(34-30(40)42-32(6,7)8)28(38)35(9)26(22-16-13-17-23(36)19-22)27(37)33-24(29(39)41-31(3,4)5)18-21-14-11-10-12-15-21/h10-17,19-20,24-26,36H,18H2,1-9H3,(H,33,37)(H,34,40). The molecule has 0 aliphatic rings. The van der Waals surface area contributed by atoms with E-state index < -0.39 is 53.2 Å². The summed E-state index contributed by atoms with van der Waals surface area (Å²) in [6.07, 6.45) is -0.616. The van der Waals surface area contributed by atoms with E-state index in [2.05, 4.69) is 10.6 Å². The van der Waals surface area contributed by atoms with Gasteiger partial charge in [0, 0.05) is 13.5 Å². The summed E-state index contributed by atoms with van der Waals surface area (Å²) in [6, 6.07) is 11.8. The fourth-order valence-electron chi connectivity index (χ4n) is 4.21. The molecular formula is C32H45N3O7. The molecule has 0 aliphatic heterocycles. The van der Waals surface area contributed by atoms with Gasteiger partial charge in [0.25, 0.3) is 0 Å². The van der Waals surface area contributed by atoms with Crippen LogP contribution in [0, 0.1) is 5.92 Å². The minimum atomic E-state index is -1.26. The Balaban J connectivity index is 2.46. The normalized spacial score (nSPS) is 13.9. The third-order valence-corrected chi connectivity index (χ3v) is 6.06. The van der Waals surface area contributed by atoms with Gasteiger partial charge < -0.3 is 30.1 Å². The molecule has 230 valence electrons. The van der Waals surface area contributed by atoms with E-state index in [1.54, 1.807) is 67.5 Å². The van der Waals surface area contributed by atoms with Crippen LogP contribution < -0.4 is 10.6 Å². The van der Waals surface area contributed by atoms with Gasteiger partial charge in [-0.05, 0) is 70.7 Å². The van der Waals surface area contributed by atoms with Crippen molar-refractivity contribution < 1.29 is 33.8 Å². The molecule has 3 atom stereocenters. The molecule has 0 aliphatic carbocycles. The van der Waals surface area contributed by atoms with Gasteiger partial charge in [0.05, 0.1) is 0 Å². The number of esters is 1. The molecule has 2 rings (SSSR count). The molecule has 10 heteroatoms. The van der Waals surface area contributed by atoms with Gasteiger partial charge in [-0.2, -0.15) is 0 Å². The third kappa shape index (κ3) is 10.7. The summed E-state index contributed by atoms with van der Waals surface area (Å²) in [7, 11) is 1.43. The molecule has 0 fully saturated rings. The number of ether oxygens (including phenoxy) is 2. The van der Waals surface area contributed by atoms with E-state index in [4.69, 9.17) is 9.47 Å². The number of nitrogens with one attached hydrogen (secondary N) is 2. The first kappa shape index (κ1) is 34.1. The van der Waals surface area contributed by atoms with Crippen molar-refractivity contribution in [3.63, 3.8) is 0 Å². The van der Waals surface area contributed by atoms with Gasteiger partial charge in [-0.1, -0.05) is 56.3 Å². The Morgan fingerprint density at radius 2 is 1.45 bits per heavy atom. The fourth-order valence-corrected chi connectivity index (χ4v) is 4.21. The lowest BCUT2D eigenvalue weighted by Gasteiger charge is -2.34. The van der Waals surface area contributed by atoms with Crippen molar-refractivity contribution in [3.8, 4) is 5.75 Å². The molecule has 0 heterocycles. The first-order valence-electron chi connectivity index (χ1n) is 14.0. The lowest BCUT2D eigenvalue weighted by atomic mass is 9.98. The minimum absolute atomic E-state index is 0.105. The highest BCUT2D eigenvalue weighted by Crippen LogP contribution is 2.26. The van der Waals surface area contributed by atoms with Crippen LogP contribution in [0.25, 0.3) is 0 Å². The van der Waals surface area contributed by atoms with Gasteiger partial charge in [0.15, 0.2) is 0 Å². The van der Waals surface area contributed by atoms with Gasteiger partial charge in [-0.25, -0.2) is 9.59 Å². The molecule has 10 nitrogen and oxygen atoms in total. The van der Waals surface area contributed by atoms with E-state index in [9.17, 15) is 24.3 Å². The van der Waals surface area contributed by atoms with E-state index in [0.717, 1.165) is 5.56 Å². The summed E-state index contributed by atoms with van der Waals surface area (Å²) in [5.74, 6) is -2.31. The van der Waals surface area contributed by atoms with Crippen molar-refractivity contribution in [2.24, 2.45) is 5.92 Å². The maximum atomic E-state index is 14.0. The van der Waals surface area contributed by atoms with Crippen molar-refractivity contribution in [1.29, 1.82) is 0 Å². The largest absolute Gasteiger partial charge is 0.508 e. The summed E-state index contributed by atoms with van der Waals surface area (Å²) in [6.45, 7) is 13.9. The number of amides is 3. The second-order valence-electron chi connectivity index (χ2n) is 12.6. The number of hydrogen-bond acceptors (Lipinski definition) is 7. The number of carbonyl (C=O) groups excluding carboxylic acids is 4. The number of benzene rings is 2. The van der Waals surface area contributed by atoms with Gasteiger partial charge in [-0.15, -0.1) is 0 Å². The highest BCUT2D eigenvalue weighted by Gasteiger charge is 2.37. The Morgan fingerprint density at radius 1 is 0.857 bits per heavy atom. The van der Waals surface area contributed by atoms with Crippen LogP contribution in [0.15, 0.2) is 54.6 Å². The number of alkyl carbamates (subject to hydrolysis) is 1. The van der Waals surface area contributed by atoms with Crippen LogP contribution >= 0.6 is 0 Å². The number of hydrogen-bond donors (Lipinski definition) is 3. The third-order valence-electron chi connectivity index (χ3n) is 6.06. The maximum absolute atomic E-state index is 14.0. The lowest BCUT2D eigenvalue weighted by molar-refractivity contribution is -0.159. The van der Waals surface area contributed by atoms with Crippen molar-refractivity contribution in [3.05, 3.63) is 65.7 Å². The van der Waals surface area contributed by atoms with E-state index in [-0.39, 0.29) is 18.1 Å². The number of nitrogens with zero attached hydrogens (tertiary/aromatic N) is 1. The molecule has 2 aromatic carbocycles. The van der Waals surface area contributed by atoms with Crippen LogP contribution in [0.2, 0.25) is 0 Å². The zero-order valence-corrected chi connectivity index (χ0v) is 26.1. The van der Waals surface area contributed by atoms with Crippen LogP contribution in [-0.2, 0) is 30.3 Å². The maximum Gasteiger partial charge on any atom is 0.408 e. The SMILES string of the molecule is CC(C)C(NC(=O)OC(C)(C)C)C(=O)N(C)C(C(=O)NC(Cc1ccccc1)C(=O)OC(C)(C)C)c1cccc(O)c1. The van der Waals surface area contributed by atoms with E-state index in [0.29, 0.717) is 5.56 Å². The van der Waals surface area contributed by atoms with E-state index in [1.165, 1.54) is 24.1 Å². The molecule has 0 saturated carbocycles. The topological polar surface area (TPSA) is 134 Å². The van der Waals surface area contributed by atoms with E-state index >= 15 is 0 Å². The molecule has 2 aromatic rings. The van der Waals surface area contributed by atoms with Crippen molar-refractivity contribution >= 4 is 23.9 Å². The summed E-state index contributed by atoms with van der Waals surface area (Å²) in [5, 5.41) is 15.6. The molecule has 0 radical (unpaired) electrons.